The van der Waals surface area contributed by atoms with Gasteiger partial charge in [0.25, 0.3) is 0 Å². The lowest BCUT2D eigenvalue weighted by molar-refractivity contribution is 0.112. The molecule has 1 aliphatic heterocycles. The summed E-state index contributed by atoms with van der Waals surface area (Å²) in [6, 6.07) is 2.43. The van der Waals surface area contributed by atoms with Crippen molar-refractivity contribution in [1.82, 2.24) is 9.80 Å². The summed E-state index contributed by atoms with van der Waals surface area (Å²) in [6.45, 7) is 7.73. The van der Waals surface area contributed by atoms with Crippen LogP contribution in [0.15, 0.2) is 0 Å². The summed E-state index contributed by atoms with van der Waals surface area (Å²) in [5, 5.41) is 8.92. The highest BCUT2D eigenvalue weighted by molar-refractivity contribution is 4.90. The number of hydrogen-bond donors (Lipinski definition) is 0. The predicted octanol–water partition coefficient (Wildman–Crippen LogP) is 2.49. The minimum absolute atomic E-state index is 0.0884. The van der Waals surface area contributed by atoms with Gasteiger partial charge in [0, 0.05) is 26.2 Å². The Kier molecular flexibility index (Phi) is 5.46. The maximum absolute atomic E-state index is 8.92. The SMILES string of the molecule is CC(C#N)N1CCN(CCC2CCCCC2)CC1. The van der Waals surface area contributed by atoms with E-state index in [0.717, 1.165) is 32.1 Å². The Labute approximate surface area is 112 Å². The topological polar surface area (TPSA) is 30.3 Å². The van der Waals surface area contributed by atoms with Crippen LogP contribution in [0.3, 0.4) is 0 Å². The van der Waals surface area contributed by atoms with Gasteiger partial charge in [-0.15, -0.1) is 0 Å². The normalized spacial score (nSPS) is 25.8. The number of rotatable bonds is 4. The lowest BCUT2D eigenvalue weighted by atomic mass is 9.87. The van der Waals surface area contributed by atoms with Gasteiger partial charge in [0.2, 0.25) is 0 Å². The third kappa shape index (κ3) is 3.96. The summed E-state index contributed by atoms with van der Waals surface area (Å²) in [5.41, 5.74) is 0. The van der Waals surface area contributed by atoms with Gasteiger partial charge in [0.1, 0.15) is 0 Å². The Morgan fingerprint density at radius 3 is 2.39 bits per heavy atom. The average molecular weight is 249 g/mol. The first kappa shape index (κ1) is 13.8. The highest BCUT2D eigenvalue weighted by Crippen LogP contribution is 2.26. The standard InChI is InChI=1S/C15H27N3/c1-14(13-16)18-11-9-17(10-12-18)8-7-15-5-3-2-4-6-15/h14-15H,2-12H2,1H3. The molecule has 0 aromatic rings. The van der Waals surface area contributed by atoms with Gasteiger partial charge in [-0.2, -0.15) is 5.26 Å². The van der Waals surface area contributed by atoms with Crippen LogP contribution >= 0.6 is 0 Å². The molecular formula is C15H27N3. The number of nitrogens with zero attached hydrogens (tertiary/aromatic N) is 3. The maximum atomic E-state index is 8.92. The largest absolute Gasteiger partial charge is 0.301 e. The van der Waals surface area contributed by atoms with E-state index in [2.05, 4.69) is 15.9 Å². The van der Waals surface area contributed by atoms with Crippen molar-refractivity contribution in [3.8, 4) is 6.07 Å². The van der Waals surface area contributed by atoms with E-state index in [1.807, 2.05) is 6.92 Å². The van der Waals surface area contributed by atoms with Crippen molar-refractivity contribution in [1.29, 1.82) is 5.26 Å². The van der Waals surface area contributed by atoms with E-state index >= 15 is 0 Å². The van der Waals surface area contributed by atoms with Crippen molar-refractivity contribution in [2.75, 3.05) is 32.7 Å². The number of hydrogen-bond acceptors (Lipinski definition) is 3. The van der Waals surface area contributed by atoms with Crippen LogP contribution in [-0.4, -0.2) is 48.6 Å². The van der Waals surface area contributed by atoms with Crippen molar-refractivity contribution >= 4 is 0 Å². The first-order valence-electron chi connectivity index (χ1n) is 7.65. The van der Waals surface area contributed by atoms with Gasteiger partial charge >= 0.3 is 0 Å². The molecule has 0 aromatic carbocycles. The molecule has 1 saturated carbocycles. The Morgan fingerprint density at radius 1 is 1.11 bits per heavy atom. The highest BCUT2D eigenvalue weighted by Gasteiger charge is 2.21. The maximum Gasteiger partial charge on any atom is 0.0950 e. The van der Waals surface area contributed by atoms with Gasteiger partial charge in [0.05, 0.1) is 12.1 Å². The van der Waals surface area contributed by atoms with Crippen LogP contribution in [0, 0.1) is 17.2 Å². The highest BCUT2D eigenvalue weighted by atomic mass is 15.3. The fourth-order valence-electron chi connectivity index (χ4n) is 3.30. The summed E-state index contributed by atoms with van der Waals surface area (Å²) >= 11 is 0. The fourth-order valence-corrected chi connectivity index (χ4v) is 3.30. The van der Waals surface area contributed by atoms with Crippen molar-refractivity contribution in [3.05, 3.63) is 0 Å². The second-order valence-corrected chi connectivity index (χ2v) is 5.98. The van der Waals surface area contributed by atoms with E-state index < -0.39 is 0 Å². The van der Waals surface area contributed by atoms with Gasteiger partial charge in [0.15, 0.2) is 0 Å². The molecule has 0 spiro atoms. The molecule has 1 heterocycles. The Balaban J connectivity index is 1.63. The van der Waals surface area contributed by atoms with Crippen LogP contribution in [0.1, 0.15) is 45.4 Å². The smallest absolute Gasteiger partial charge is 0.0950 e. The third-order valence-electron chi connectivity index (χ3n) is 4.72. The quantitative estimate of drug-likeness (QED) is 0.767. The number of piperazine rings is 1. The zero-order valence-corrected chi connectivity index (χ0v) is 11.8. The molecule has 1 unspecified atom stereocenters. The van der Waals surface area contributed by atoms with Crippen molar-refractivity contribution in [2.24, 2.45) is 5.92 Å². The molecule has 3 heteroatoms. The van der Waals surface area contributed by atoms with E-state index in [1.165, 1.54) is 45.1 Å². The van der Waals surface area contributed by atoms with E-state index in [-0.39, 0.29) is 6.04 Å². The van der Waals surface area contributed by atoms with Crippen LogP contribution in [0.5, 0.6) is 0 Å². The molecule has 102 valence electrons. The van der Waals surface area contributed by atoms with Crippen LogP contribution < -0.4 is 0 Å². The number of nitriles is 1. The molecule has 1 atom stereocenters. The first-order valence-corrected chi connectivity index (χ1v) is 7.65. The molecule has 0 amide bonds. The molecule has 2 rings (SSSR count). The second-order valence-electron chi connectivity index (χ2n) is 5.98. The molecule has 18 heavy (non-hydrogen) atoms. The average Bonchev–Trinajstić information content (AvgIpc) is 2.46. The lowest BCUT2D eigenvalue weighted by Gasteiger charge is -2.36. The third-order valence-corrected chi connectivity index (χ3v) is 4.72. The molecular weight excluding hydrogens is 222 g/mol. The summed E-state index contributed by atoms with van der Waals surface area (Å²) in [4.78, 5) is 4.90. The van der Waals surface area contributed by atoms with Crippen LogP contribution in [-0.2, 0) is 0 Å². The van der Waals surface area contributed by atoms with Gasteiger partial charge < -0.3 is 4.90 Å². The molecule has 3 nitrogen and oxygen atoms in total. The van der Waals surface area contributed by atoms with Crippen molar-refractivity contribution in [2.45, 2.75) is 51.5 Å². The fraction of sp³-hybridized carbons (Fsp3) is 0.933. The summed E-state index contributed by atoms with van der Waals surface area (Å²) in [7, 11) is 0. The minimum Gasteiger partial charge on any atom is -0.301 e. The summed E-state index contributed by atoms with van der Waals surface area (Å²) in [5.74, 6) is 0.995. The molecule has 0 N–H and O–H groups in total. The Hall–Kier alpha value is -0.590. The molecule has 0 aromatic heterocycles. The summed E-state index contributed by atoms with van der Waals surface area (Å²) in [6.07, 6.45) is 8.70. The second kappa shape index (κ2) is 7.11. The minimum atomic E-state index is 0.0884. The Bertz CT molecular complexity index is 270. The molecule has 0 bridgehead atoms. The molecule has 1 aliphatic carbocycles. The monoisotopic (exact) mass is 249 g/mol. The van der Waals surface area contributed by atoms with Gasteiger partial charge in [-0.05, 0) is 25.8 Å². The van der Waals surface area contributed by atoms with Gasteiger partial charge in [-0.3, -0.25) is 4.90 Å². The van der Waals surface area contributed by atoms with Crippen LogP contribution in [0.4, 0.5) is 0 Å². The van der Waals surface area contributed by atoms with Crippen LogP contribution in [0.25, 0.3) is 0 Å². The zero-order valence-electron chi connectivity index (χ0n) is 11.8. The van der Waals surface area contributed by atoms with E-state index in [4.69, 9.17) is 5.26 Å². The van der Waals surface area contributed by atoms with Gasteiger partial charge in [-0.1, -0.05) is 32.1 Å². The van der Waals surface area contributed by atoms with Crippen molar-refractivity contribution in [3.63, 3.8) is 0 Å². The molecule has 2 fully saturated rings. The van der Waals surface area contributed by atoms with Crippen molar-refractivity contribution < 1.29 is 0 Å². The first-order chi connectivity index (χ1) is 8.79. The van der Waals surface area contributed by atoms with E-state index in [1.54, 1.807) is 0 Å². The van der Waals surface area contributed by atoms with E-state index in [0.29, 0.717) is 0 Å². The van der Waals surface area contributed by atoms with E-state index in [9.17, 15) is 0 Å². The summed E-state index contributed by atoms with van der Waals surface area (Å²) < 4.78 is 0. The molecule has 1 saturated heterocycles. The Morgan fingerprint density at radius 2 is 1.78 bits per heavy atom. The zero-order chi connectivity index (χ0) is 12.8. The molecule has 2 aliphatic rings. The molecule has 0 radical (unpaired) electrons. The predicted molar refractivity (Wildman–Crippen MR) is 74.3 cm³/mol. The van der Waals surface area contributed by atoms with Gasteiger partial charge in [-0.25, -0.2) is 0 Å². The lowest BCUT2D eigenvalue weighted by Crippen LogP contribution is -2.49. The van der Waals surface area contributed by atoms with Crippen LogP contribution in [0.2, 0.25) is 0 Å².